The van der Waals surface area contributed by atoms with E-state index in [9.17, 15) is 4.39 Å². The highest BCUT2D eigenvalue weighted by molar-refractivity contribution is 9.11. The molecule has 0 saturated carbocycles. The summed E-state index contributed by atoms with van der Waals surface area (Å²) >= 11 is 5.93. The van der Waals surface area contributed by atoms with Crippen LogP contribution in [0.5, 0.6) is 0 Å². The van der Waals surface area contributed by atoms with Gasteiger partial charge in [0.2, 0.25) is 0 Å². The summed E-state index contributed by atoms with van der Waals surface area (Å²) in [5, 5.41) is 17.6. The Morgan fingerprint density at radius 3 is 2.25 bits per heavy atom. The third-order valence-corrected chi connectivity index (χ3v) is 2.61. The Morgan fingerprint density at radius 2 is 1.75 bits per heavy atom. The Kier molecular flexibility index (Phi) is 3.28. The molecule has 12 heavy (non-hydrogen) atoms. The van der Waals surface area contributed by atoms with Crippen LogP contribution in [0.2, 0.25) is 0 Å². The van der Waals surface area contributed by atoms with E-state index >= 15 is 0 Å². The standard InChI is InChI=1S/C6H4BBr2FO2/c8-4-2-6(10)5(9)1-3(4)7(11)12/h1-2,11-12H. The van der Waals surface area contributed by atoms with Crippen LogP contribution >= 0.6 is 31.9 Å². The highest BCUT2D eigenvalue weighted by atomic mass is 79.9. The number of rotatable bonds is 1. The molecule has 0 unspecified atom stereocenters. The minimum absolute atomic E-state index is 0.203. The Hall–Kier alpha value is 0.0949. The zero-order valence-electron chi connectivity index (χ0n) is 5.76. The minimum atomic E-state index is -1.60. The molecule has 0 amide bonds. The van der Waals surface area contributed by atoms with Crippen LogP contribution in [0, 0.1) is 5.82 Å². The lowest BCUT2D eigenvalue weighted by molar-refractivity contribution is 0.425. The van der Waals surface area contributed by atoms with Crippen LogP contribution in [-0.4, -0.2) is 17.2 Å². The average molecular weight is 298 g/mol. The lowest BCUT2D eigenvalue weighted by Crippen LogP contribution is -2.31. The maximum Gasteiger partial charge on any atom is 0.489 e. The fourth-order valence-corrected chi connectivity index (χ4v) is 1.62. The maximum absolute atomic E-state index is 12.8. The molecule has 2 N–H and O–H groups in total. The van der Waals surface area contributed by atoms with E-state index in [1.54, 1.807) is 0 Å². The van der Waals surface area contributed by atoms with Gasteiger partial charge in [-0.25, -0.2) is 4.39 Å². The normalized spacial score (nSPS) is 10.1. The van der Waals surface area contributed by atoms with Crippen LogP contribution in [0.25, 0.3) is 0 Å². The van der Waals surface area contributed by atoms with E-state index in [0.29, 0.717) is 4.47 Å². The van der Waals surface area contributed by atoms with Crippen molar-refractivity contribution in [3.05, 3.63) is 26.9 Å². The van der Waals surface area contributed by atoms with Crippen LogP contribution < -0.4 is 5.46 Å². The number of hydrogen-bond acceptors (Lipinski definition) is 2. The molecule has 0 bridgehead atoms. The molecule has 0 atom stereocenters. The van der Waals surface area contributed by atoms with E-state index < -0.39 is 12.9 Å². The molecule has 0 spiro atoms. The van der Waals surface area contributed by atoms with Crippen molar-refractivity contribution in [3.8, 4) is 0 Å². The molecule has 0 aromatic heterocycles. The Labute approximate surface area is 85.8 Å². The summed E-state index contributed by atoms with van der Waals surface area (Å²) in [5.74, 6) is -0.453. The van der Waals surface area contributed by atoms with Crippen molar-refractivity contribution in [2.45, 2.75) is 0 Å². The third kappa shape index (κ3) is 2.07. The molecule has 1 aromatic rings. The van der Waals surface area contributed by atoms with E-state index in [-0.39, 0.29) is 9.94 Å². The quantitative estimate of drug-likeness (QED) is 0.600. The van der Waals surface area contributed by atoms with Crippen molar-refractivity contribution in [1.82, 2.24) is 0 Å². The van der Waals surface area contributed by atoms with Gasteiger partial charge in [-0.2, -0.15) is 0 Å². The van der Waals surface area contributed by atoms with E-state index in [4.69, 9.17) is 10.0 Å². The second-order valence-electron chi connectivity index (χ2n) is 2.16. The van der Waals surface area contributed by atoms with Crippen molar-refractivity contribution in [1.29, 1.82) is 0 Å². The highest BCUT2D eigenvalue weighted by Crippen LogP contribution is 2.18. The average Bonchev–Trinajstić information content (AvgIpc) is 1.96. The molecule has 64 valence electrons. The zero-order chi connectivity index (χ0) is 9.30. The summed E-state index contributed by atoms with van der Waals surface area (Å²) in [5.41, 5.74) is 0.225. The molecule has 0 saturated heterocycles. The largest absolute Gasteiger partial charge is 0.489 e. The molecule has 0 radical (unpaired) electrons. The summed E-state index contributed by atoms with van der Waals surface area (Å²) in [6.45, 7) is 0. The first-order valence-electron chi connectivity index (χ1n) is 3.03. The summed E-state index contributed by atoms with van der Waals surface area (Å²) in [7, 11) is -1.60. The second kappa shape index (κ2) is 3.87. The van der Waals surface area contributed by atoms with Crippen molar-refractivity contribution >= 4 is 44.4 Å². The lowest BCUT2D eigenvalue weighted by atomic mass is 9.80. The lowest BCUT2D eigenvalue weighted by Gasteiger charge is -2.03. The Bertz CT molecular complexity index is 306. The van der Waals surface area contributed by atoms with Gasteiger partial charge in [-0.1, -0.05) is 15.9 Å². The Balaban J connectivity index is 3.23. The summed E-state index contributed by atoms with van der Waals surface area (Å²) in [6, 6.07) is 2.48. The van der Waals surface area contributed by atoms with E-state index in [1.165, 1.54) is 12.1 Å². The molecule has 1 rings (SSSR count). The topological polar surface area (TPSA) is 40.5 Å². The smallest absolute Gasteiger partial charge is 0.423 e. The first-order valence-corrected chi connectivity index (χ1v) is 4.61. The molecule has 6 heteroatoms. The van der Waals surface area contributed by atoms with Gasteiger partial charge < -0.3 is 10.0 Å². The van der Waals surface area contributed by atoms with Crippen LogP contribution in [0.15, 0.2) is 21.1 Å². The third-order valence-electron chi connectivity index (χ3n) is 1.32. The van der Waals surface area contributed by atoms with Crippen LogP contribution in [0.1, 0.15) is 0 Å². The monoisotopic (exact) mass is 296 g/mol. The van der Waals surface area contributed by atoms with Gasteiger partial charge in [-0.05, 0) is 33.5 Å². The van der Waals surface area contributed by atoms with Crippen LogP contribution in [-0.2, 0) is 0 Å². The molecule has 0 aliphatic heterocycles. The molecular weight excluding hydrogens is 294 g/mol. The number of halogens is 3. The van der Waals surface area contributed by atoms with Gasteiger partial charge in [0, 0.05) is 4.47 Å². The Morgan fingerprint density at radius 1 is 1.17 bits per heavy atom. The number of benzene rings is 1. The van der Waals surface area contributed by atoms with Gasteiger partial charge in [0.25, 0.3) is 0 Å². The SMILES string of the molecule is OB(O)c1cc(Br)c(F)cc1Br. The van der Waals surface area contributed by atoms with Crippen LogP contribution in [0.3, 0.4) is 0 Å². The van der Waals surface area contributed by atoms with Crippen molar-refractivity contribution in [3.63, 3.8) is 0 Å². The first-order chi connectivity index (χ1) is 5.52. The van der Waals surface area contributed by atoms with E-state index in [1.807, 2.05) is 0 Å². The van der Waals surface area contributed by atoms with E-state index in [0.717, 1.165) is 0 Å². The summed E-state index contributed by atoms with van der Waals surface area (Å²) in [6.07, 6.45) is 0. The van der Waals surface area contributed by atoms with Crippen molar-refractivity contribution < 1.29 is 14.4 Å². The molecule has 0 fully saturated rings. The molecule has 1 aromatic carbocycles. The van der Waals surface area contributed by atoms with Gasteiger partial charge in [-0.3, -0.25) is 0 Å². The van der Waals surface area contributed by atoms with Crippen molar-refractivity contribution in [2.24, 2.45) is 0 Å². The summed E-state index contributed by atoms with van der Waals surface area (Å²) in [4.78, 5) is 0. The fraction of sp³-hybridized carbons (Fsp3) is 0. The summed E-state index contributed by atoms with van der Waals surface area (Å²) < 4.78 is 13.3. The van der Waals surface area contributed by atoms with Gasteiger partial charge in [0.15, 0.2) is 0 Å². The predicted octanol–water partition coefficient (Wildman–Crippen LogP) is 1.03. The van der Waals surface area contributed by atoms with Gasteiger partial charge in [-0.15, -0.1) is 0 Å². The van der Waals surface area contributed by atoms with E-state index in [2.05, 4.69) is 31.9 Å². The molecule has 0 aliphatic carbocycles. The maximum atomic E-state index is 12.8. The van der Waals surface area contributed by atoms with Crippen LogP contribution in [0.4, 0.5) is 4.39 Å². The predicted molar refractivity (Wildman–Crippen MR) is 51.6 cm³/mol. The zero-order valence-corrected chi connectivity index (χ0v) is 8.93. The first kappa shape index (κ1) is 10.2. The molecular formula is C6H4BBr2FO2. The van der Waals surface area contributed by atoms with Gasteiger partial charge in [0.1, 0.15) is 5.82 Å². The van der Waals surface area contributed by atoms with Crippen molar-refractivity contribution in [2.75, 3.05) is 0 Å². The number of hydrogen-bond donors (Lipinski definition) is 2. The van der Waals surface area contributed by atoms with Gasteiger partial charge >= 0.3 is 7.12 Å². The molecule has 2 nitrogen and oxygen atoms in total. The second-order valence-corrected chi connectivity index (χ2v) is 3.87. The molecule has 0 aliphatic rings. The highest BCUT2D eigenvalue weighted by Gasteiger charge is 2.16. The molecule has 0 heterocycles. The fourth-order valence-electron chi connectivity index (χ4n) is 0.736. The minimum Gasteiger partial charge on any atom is -0.423 e. The van der Waals surface area contributed by atoms with Gasteiger partial charge in [0.05, 0.1) is 4.47 Å².